The lowest BCUT2D eigenvalue weighted by Crippen LogP contribution is -2.48. The van der Waals surface area contributed by atoms with Gasteiger partial charge in [-0.3, -0.25) is 4.79 Å². The fourth-order valence-corrected chi connectivity index (χ4v) is 11.0. The van der Waals surface area contributed by atoms with Crippen molar-refractivity contribution < 1.29 is 27.5 Å². The fourth-order valence-electron chi connectivity index (χ4n) is 9.18. The highest BCUT2D eigenvalue weighted by Gasteiger charge is 2.58. The summed E-state index contributed by atoms with van der Waals surface area (Å²) in [4.78, 5) is 31.5. The van der Waals surface area contributed by atoms with Crippen LogP contribution in [0.25, 0.3) is 5.57 Å². The molecule has 0 aliphatic carbocycles. The molecule has 0 fully saturated rings. The summed E-state index contributed by atoms with van der Waals surface area (Å²) in [5.74, 6) is 0.126. The number of sulfone groups is 1. The third kappa shape index (κ3) is 6.29. The zero-order chi connectivity index (χ0) is 39.6. The number of anilines is 2. The van der Waals surface area contributed by atoms with E-state index in [-0.39, 0.29) is 48.4 Å². The van der Waals surface area contributed by atoms with Crippen molar-refractivity contribution in [1.82, 2.24) is 5.32 Å². The first-order chi connectivity index (χ1) is 25.7. The number of hydrogen-bond acceptors (Lipinski definition) is 8. The van der Waals surface area contributed by atoms with Gasteiger partial charge in [0.2, 0.25) is 5.91 Å². The molecule has 55 heavy (non-hydrogen) atoms. The molecule has 0 radical (unpaired) electrons. The van der Waals surface area contributed by atoms with Crippen LogP contribution < -0.4 is 19.9 Å². The van der Waals surface area contributed by atoms with Crippen molar-refractivity contribution in [3.05, 3.63) is 83.3 Å². The van der Waals surface area contributed by atoms with Crippen molar-refractivity contribution in [3.8, 4) is 11.5 Å². The van der Waals surface area contributed by atoms with Gasteiger partial charge in [0.15, 0.2) is 15.4 Å². The lowest BCUT2D eigenvalue weighted by molar-refractivity contribution is -0.122. The molecule has 3 aromatic carbocycles. The minimum absolute atomic E-state index is 0.0103. The number of ether oxygens (including phenoxy) is 2. The number of rotatable bonds is 6. The van der Waals surface area contributed by atoms with Gasteiger partial charge >= 0.3 is 5.97 Å². The molecule has 0 bridgehead atoms. The summed E-state index contributed by atoms with van der Waals surface area (Å²) >= 11 is 27.3. The van der Waals surface area contributed by atoms with E-state index in [1.165, 1.54) is 6.26 Å². The highest BCUT2D eigenvalue weighted by atomic mass is 35.5. The Hall–Kier alpha value is -3.15. The molecule has 9 nitrogen and oxygen atoms in total. The van der Waals surface area contributed by atoms with Crippen molar-refractivity contribution in [1.29, 1.82) is 0 Å². The van der Waals surface area contributed by atoms with Gasteiger partial charge in [-0.2, -0.15) is 0 Å². The van der Waals surface area contributed by atoms with Gasteiger partial charge < -0.3 is 24.6 Å². The van der Waals surface area contributed by atoms with Crippen molar-refractivity contribution >= 4 is 85.1 Å². The Morgan fingerprint density at radius 3 is 2.38 bits per heavy atom. The minimum Gasteiger partial charge on any atom is -0.456 e. The first-order valence-corrected chi connectivity index (χ1v) is 22.2. The Balaban J connectivity index is 1.36. The van der Waals surface area contributed by atoms with Crippen molar-refractivity contribution in [2.75, 3.05) is 41.4 Å². The van der Waals surface area contributed by atoms with Gasteiger partial charge in [-0.1, -0.05) is 52.5 Å². The molecule has 5 heterocycles. The summed E-state index contributed by atoms with van der Waals surface area (Å²) in [6.07, 6.45) is 7.39. The number of esters is 1. The lowest BCUT2D eigenvalue weighted by atomic mass is 9.73. The predicted octanol–water partition coefficient (Wildman–Crippen LogP) is 9.29. The molecule has 0 saturated heterocycles. The molecule has 5 aliphatic heterocycles. The van der Waals surface area contributed by atoms with Crippen LogP contribution in [-0.4, -0.2) is 63.0 Å². The van der Waals surface area contributed by atoms with E-state index in [0.717, 1.165) is 60.4 Å². The monoisotopic (exact) mass is 845 g/mol. The van der Waals surface area contributed by atoms with Gasteiger partial charge in [0, 0.05) is 77.4 Å². The van der Waals surface area contributed by atoms with Gasteiger partial charge in [0.25, 0.3) is 0 Å². The number of aryl methyl sites for hydroxylation is 1. The van der Waals surface area contributed by atoms with E-state index in [1.54, 1.807) is 0 Å². The number of benzene rings is 3. The van der Waals surface area contributed by atoms with Crippen LogP contribution >= 0.6 is 46.4 Å². The standard InChI is InChI=1S/C41H43Cl4N3O6S/c1-39(2,3)46-29(49)12-9-14-47-13-7-10-21-16-25-28(18-27(21)47)53-37-23-11-8-15-48-36(23)24(22(19-40(48,4)5)20-55(6,51)52)17-26(37)41(25)31-30(38(50)54-41)32(42)34(44)35(45)33(31)43/h16-19H,7-15,20H2,1-6H3,(H,46,49). The molecule has 1 atom stereocenters. The van der Waals surface area contributed by atoms with Crippen LogP contribution in [0, 0.1) is 0 Å². The quantitative estimate of drug-likeness (QED) is 0.149. The van der Waals surface area contributed by atoms with E-state index in [2.05, 4.69) is 29.0 Å². The van der Waals surface area contributed by atoms with Gasteiger partial charge in [-0.15, -0.1) is 0 Å². The Morgan fingerprint density at radius 1 is 0.964 bits per heavy atom. The first-order valence-electron chi connectivity index (χ1n) is 18.6. The first kappa shape index (κ1) is 38.7. The van der Waals surface area contributed by atoms with E-state index in [9.17, 15) is 18.0 Å². The fraction of sp³-hybridized carbons (Fsp3) is 0.463. The Morgan fingerprint density at radius 2 is 1.67 bits per heavy atom. The molecule has 292 valence electrons. The maximum absolute atomic E-state index is 14.2. The molecule has 3 aromatic rings. The molecule has 1 N–H and O–H groups in total. The van der Waals surface area contributed by atoms with E-state index < -0.39 is 26.9 Å². The Kier molecular flexibility index (Phi) is 9.29. The van der Waals surface area contributed by atoms with Crippen LogP contribution in [0.4, 0.5) is 11.4 Å². The number of amides is 1. The highest BCUT2D eigenvalue weighted by molar-refractivity contribution is 7.91. The smallest absolute Gasteiger partial charge is 0.341 e. The number of halogens is 4. The zero-order valence-corrected chi connectivity index (χ0v) is 35.5. The summed E-state index contributed by atoms with van der Waals surface area (Å²) in [6, 6.07) is 5.94. The molecule has 5 aliphatic rings. The van der Waals surface area contributed by atoms with E-state index in [4.69, 9.17) is 55.9 Å². The number of carbonyl (C=O) groups excluding carboxylic acids is 2. The van der Waals surface area contributed by atoms with Crippen molar-refractivity contribution in [2.24, 2.45) is 0 Å². The Labute approximate surface area is 342 Å². The zero-order valence-electron chi connectivity index (χ0n) is 31.6. The maximum atomic E-state index is 14.2. The number of nitrogens with zero attached hydrogens (tertiary/aromatic N) is 2. The molecular weight excluding hydrogens is 804 g/mol. The van der Waals surface area contributed by atoms with Crippen LogP contribution in [-0.2, 0) is 37.8 Å². The van der Waals surface area contributed by atoms with Crippen molar-refractivity contribution in [3.63, 3.8) is 0 Å². The molecular formula is C41H43Cl4N3O6S. The van der Waals surface area contributed by atoms with Crippen LogP contribution in [0.3, 0.4) is 0 Å². The van der Waals surface area contributed by atoms with Gasteiger partial charge in [0.1, 0.15) is 11.5 Å². The Bertz CT molecular complexity index is 2370. The number of carbonyl (C=O) groups is 2. The molecule has 8 rings (SSSR count). The second-order valence-electron chi connectivity index (χ2n) is 16.9. The van der Waals surface area contributed by atoms with E-state index in [1.807, 2.05) is 45.0 Å². The molecule has 1 amide bonds. The average molecular weight is 848 g/mol. The molecule has 0 aromatic heterocycles. The number of fused-ring (bicyclic) bond motifs is 8. The number of nitrogens with one attached hydrogen (secondary N) is 1. The van der Waals surface area contributed by atoms with Crippen LogP contribution in [0.5, 0.6) is 11.5 Å². The normalized spacial score (nSPS) is 20.5. The van der Waals surface area contributed by atoms with Crippen LogP contribution in [0.1, 0.15) is 104 Å². The SMILES string of the molecule is CC(C)(C)NC(=O)CCCN1CCCc2cc3c(cc21)Oc1c(cc2c4c1CCCN4C(C)(C)C=C2CS(C)(=O)=O)C31OC(=O)c2c(Cl)c(Cl)c(Cl)c(Cl)c21. The lowest BCUT2D eigenvalue weighted by Gasteiger charge is -2.49. The summed E-state index contributed by atoms with van der Waals surface area (Å²) in [6.45, 7) is 12.3. The molecule has 0 saturated carbocycles. The number of hydrogen-bond donors (Lipinski definition) is 1. The van der Waals surface area contributed by atoms with E-state index in [0.29, 0.717) is 54.0 Å². The predicted molar refractivity (Wildman–Crippen MR) is 220 cm³/mol. The maximum Gasteiger partial charge on any atom is 0.341 e. The second-order valence-corrected chi connectivity index (χ2v) is 20.6. The van der Waals surface area contributed by atoms with Crippen LogP contribution in [0.2, 0.25) is 20.1 Å². The van der Waals surface area contributed by atoms with Crippen molar-refractivity contribution in [2.45, 2.75) is 89.8 Å². The summed E-state index contributed by atoms with van der Waals surface area (Å²) < 4.78 is 39.5. The largest absolute Gasteiger partial charge is 0.456 e. The summed E-state index contributed by atoms with van der Waals surface area (Å²) in [7, 11) is -3.45. The third-order valence-electron chi connectivity index (χ3n) is 11.2. The summed E-state index contributed by atoms with van der Waals surface area (Å²) in [5, 5.41) is 2.95. The molecule has 14 heteroatoms. The van der Waals surface area contributed by atoms with Gasteiger partial charge in [-0.05, 0) is 90.0 Å². The van der Waals surface area contributed by atoms with Crippen LogP contribution in [0.15, 0.2) is 24.3 Å². The topological polar surface area (TPSA) is 105 Å². The van der Waals surface area contributed by atoms with Gasteiger partial charge in [-0.25, -0.2) is 13.2 Å². The third-order valence-corrected chi connectivity index (χ3v) is 13.8. The molecule has 1 unspecified atom stereocenters. The second kappa shape index (κ2) is 13.2. The minimum atomic E-state index is -3.45. The average Bonchev–Trinajstić information content (AvgIpc) is 3.39. The summed E-state index contributed by atoms with van der Waals surface area (Å²) in [5.41, 5.74) is 4.09. The highest BCUT2D eigenvalue weighted by Crippen LogP contribution is 2.64. The van der Waals surface area contributed by atoms with Gasteiger partial charge in [0.05, 0.1) is 42.6 Å². The molecule has 1 spiro atoms. The van der Waals surface area contributed by atoms with E-state index >= 15 is 0 Å².